The number of nitrogens with one attached hydrogen (secondary N) is 1. The molecule has 3 atom stereocenters. The van der Waals surface area contributed by atoms with Gasteiger partial charge in [-0.2, -0.15) is 0 Å². The molecule has 1 saturated carbocycles. The van der Waals surface area contributed by atoms with E-state index in [1.807, 2.05) is 6.07 Å². The van der Waals surface area contributed by atoms with Gasteiger partial charge in [-0.25, -0.2) is 0 Å². The highest BCUT2D eigenvalue weighted by Gasteiger charge is 2.34. The lowest BCUT2D eigenvalue weighted by molar-refractivity contribution is 0.189. The lowest BCUT2D eigenvalue weighted by Crippen LogP contribution is -2.43. The zero-order chi connectivity index (χ0) is 10.1. The van der Waals surface area contributed by atoms with E-state index in [0.717, 1.165) is 23.2 Å². The van der Waals surface area contributed by atoms with Crippen LogP contribution in [0.15, 0.2) is 18.5 Å². The molecular formula is C11H17N3. The molecule has 76 valence electrons. The van der Waals surface area contributed by atoms with Crippen molar-refractivity contribution in [1.29, 1.82) is 0 Å². The third kappa shape index (κ3) is 1.54. The molecule has 0 aliphatic heterocycles. The maximum absolute atomic E-state index is 5.83. The first kappa shape index (κ1) is 9.31. The number of hydrogen-bond donors (Lipinski definition) is 2. The molecule has 0 saturated heterocycles. The molecule has 1 aromatic heterocycles. The molecule has 0 bridgehead atoms. The predicted octanol–water partition coefficient (Wildman–Crippen LogP) is 2.12. The summed E-state index contributed by atoms with van der Waals surface area (Å²) in [5.41, 5.74) is 7.58. The summed E-state index contributed by atoms with van der Waals surface area (Å²) >= 11 is 0. The molecule has 1 fully saturated rings. The Morgan fingerprint density at radius 3 is 2.86 bits per heavy atom. The predicted molar refractivity (Wildman–Crippen MR) is 59.0 cm³/mol. The number of nitrogen functional groups attached to an aromatic ring is 1. The summed E-state index contributed by atoms with van der Waals surface area (Å²) in [6, 6.07) is 2.39. The van der Waals surface area contributed by atoms with E-state index in [9.17, 15) is 0 Å². The van der Waals surface area contributed by atoms with Crippen LogP contribution in [-0.4, -0.2) is 11.0 Å². The molecule has 3 N–H and O–H groups in total. The van der Waals surface area contributed by atoms with Crippen molar-refractivity contribution in [2.45, 2.75) is 26.3 Å². The summed E-state index contributed by atoms with van der Waals surface area (Å²) in [5, 5.41) is 3.44. The van der Waals surface area contributed by atoms with Crippen LogP contribution in [-0.2, 0) is 0 Å². The molecule has 1 aliphatic carbocycles. The fourth-order valence-corrected chi connectivity index (χ4v) is 1.95. The highest BCUT2D eigenvalue weighted by atomic mass is 15.0. The number of pyridine rings is 1. The summed E-state index contributed by atoms with van der Waals surface area (Å²) in [7, 11) is 0. The molecular weight excluding hydrogens is 174 g/mol. The topological polar surface area (TPSA) is 50.9 Å². The van der Waals surface area contributed by atoms with Crippen LogP contribution in [0.3, 0.4) is 0 Å². The number of aromatic nitrogens is 1. The van der Waals surface area contributed by atoms with E-state index < -0.39 is 0 Å². The number of anilines is 2. The molecule has 3 nitrogen and oxygen atoms in total. The van der Waals surface area contributed by atoms with Crippen LogP contribution >= 0.6 is 0 Å². The molecule has 0 spiro atoms. The van der Waals surface area contributed by atoms with Crippen molar-refractivity contribution in [3.8, 4) is 0 Å². The third-order valence-corrected chi connectivity index (χ3v) is 3.35. The molecule has 0 aromatic carbocycles. The van der Waals surface area contributed by atoms with E-state index in [1.54, 1.807) is 12.4 Å². The molecule has 14 heavy (non-hydrogen) atoms. The van der Waals surface area contributed by atoms with Crippen LogP contribution in [0.1, 0.15) is 20.3 Å². The van der Waals surface area contributed by atoms with Crippen LogP contribution in [0, 0.1) is 11.8 Å². The van der Waals surface area contributed by atoms with Crippen LogP contribution in [0.25, 0.3) is 0 Å². The number of nitrogens with two attached hydrogens (primary N) is 1. The largest absolute Gasteiger partial charge is 0.397 e. The van der Waals surface area contributed by atoms with Crippen molar-refractivity contribution in [3.63, 3.8) is 0 Å². The Morgan fingerprint density at radius 2 is 2.29 bits per heavy atom. The quantitative estimate of drug-likeness (QED) is 0.752. The second-order valence-corrected chi connectivity index (χ2v) is 4.29. The molecule has 1 aromatic rings. The van der Waals surface area contributed by atoms with Gasteiger partial charge in [0.2, 0.25) is 0 Å². The Hall–Kier alpha value is -1.25. The Bertz CT molecular complexity index is 324. The minimum absolute atomic E-state index is 0.566. The van der Waals surface area contributed by atoms with E-state index in [2.05, 4.69) is 24.1 Å². The molecule has 0 radical (unpaired) electrons. The number of hydrogen-bond acceptors (Lipinski definition) is 3. The number of nitrogens with zero attached hydrogens (tertiary/aromatic N) is 1. The molecule has 2 rings (SSSR count). The standard InChI is InChI=1S/C11H17N3/c1-7-5-10(8(7)2)14-11-6-13-4-3-9(11)12/h3-4,6-8,10,14H,5H2,1-2H3,(H2,12,13). The van der Waals surface area contributed by atoms with Gasteiger partial charge in [0.25, 0.3) is 0 Å². The first-order chi connectivity index (χ1) is 6.68. The van der Waals surface area contributed by atoms with Crippen LogP contribution in [0.2, 0.25) is 0 Å². The molecule has 1 heterocycles. The van der Waals surface area contributed by atoms with Crippen LogP contribution in [0.5, 0.6) is 0 Å². The first-order valence-corrected chi connectivity index (χ1v) is 5.14. The van der Waals surface area contributed by atoms with Gasteiger partial charge in [-0.15, -0.1) is 0 Å². The molecule has 1 aliphatic rings. The molecule has 0 amide bonds. The van der Waals surface area contributed by atoms with Gasteiger partial charge in [-0.1, -0.05) is 13.8 Å². The number of rotatable bonds is 2. The second kappa shape index (κ2) is 3.48. The average molecular weight is 191 g/mol. The van der Waals surface area contributed by atoms with Crippen molar-refractivity contribution in [2.24, 2.45) is 11.8 Å². The van der Waals surface area contributed by atoms with Gasteiger partial charge in [0.15, 0.2) is 0 Å². The zero-order valence-corrected chi connectivity index (χ0v) is 8.70. The lowest BCUT2D eigenvalue weighted by Gasteiger charge is -2.41. The smallest absolute Gasteiger partial charge is 0.0762 e. The van der Waals surface area contributed by atoms with E-state index in [-0.39, 0.29) is 0 Å². The minimum atomic E-state index is 0.566. The Kier molecular flexibility index (Phi) is 2.32. The summed E-state index contributed by atoms with van der Waals surface area (Å²) in [6.07, 6.45) is 4.74. The van der Waals surface area contributed by atoms with Crippen molar-refractivity contribution in [2.75, 3.05) is 11.1 Å². The van der Waals surface area contributed by atoms with Crippen LogP contribution in [0.4, 0.5) is 11.4 Å². The van der Waals surface area contributed by atoms with Gasteiger partial charge in [0.05, 0.1) is 17.6 Å². The first-order valence-electron chi connectivity index (χ1n) is 5.14. The highest BCUT2D eigenvalue weighted by molar-refractivity contribution is 5.64. The van der Waals surface area contributed by atoms with Gasteiger partial charge >= 0.3 is 0 Å². The van der Waals surface area contributed by atoms with Crippen molar-refractivity contribution < 1.29 is 0 Å². The van der Waals surface area contributed by atoms with E-state index in [1.165, 1.54) is 6.42 Å². The van der Waals surface area contributed by atoms with Crippen molar-refractivity contribution in [3.05, 3.63) is 18.5 Å². The van der Waals surface area contributed by atoms with E-state index in [0.29, 0.717) is 6.04 Å². The SMILES string of the molecule is CC1CC(Nc2cnccc2N)C1C. The van der Waals surface area contributed by atoms with Gasteiger partial charge < -0.3 is 11.1 Å². The van der Waals surface area contributed by atoms with E-state index >= 15 is 0 Å². The zero-order valence-electron chi connectivity index (χ0n) is 8.70. The third-order valence-electron chi connectivity index (χ3n) is 3.35. The summed E-state index contributed by atoms with van der Waals surface area (Å²) < 4.78 is 0. The summed E-state index contributed by atoms with van der Waals surface area (Å²) in [6.45, 7) is 4.56. The monoisotopic (exact) mass is 191 g/mol. The normalized spacial score (nSPS) is 30.9. The fraction of sp³-hybridized carbons (Fsp3) is 0.545. The van der Waals surface area contributed by atoms with Gasteiger partial charge in [-0.05, 0) is 24.3 Å². The summed E-state index contributed by atoms with van der Waals surface area (Å²) in [5.74, 6) is 1.56. The average Bonchev–Trinajstić information content (AvgIpc) is 2.20. The fourth-order valence-electron chi connectivity index (χ4n) is 1.95. The Labute approximate surface area is 84.7 Å². The van der Waals surface area contributed by atoms with Crippen molar-refractivity contribution in [1.82, 2.24) is 4.98 Å². The van der Waals surface area contributed by atoms with Gasteiger partial charge in [0, 0.05) is 12.2 Å². The minimum Gasteiger partial charge on any atom is -0.397 e. The van der Waals surface area contributed by atoms with Gasteiger partial charge in [-0.3, -0.25) is 4.98 Å². The van der Waals surface area contributed by atoms with Gasteiger partial charge in [0.1, 0.15) is 0 Å². The maximum Gasteiger partial charge on any atom is 0.0762 e. The Morgan fingerprint density at radius 1 is 1.50 bits per heavy atom. The van der Waals surface area contributed by atoms with E-state index in [4.69, 9.17) is 5.73 Å². The lowest BCUT2D eigenvalue weighted by atomic mass is 9.71. The summed E-state index contributed by atoms with van der Waals surface area (Å²) in [4.78, 5) is 4.06. The highest BCUT2D eigenvalue weighted by Crippen LogP contribution is 2.36. The Balaban J connectivity index is 2.02. The second-order valence-electron chi connectivity index (χ2n) is 4.29. The molecule has 3 unspecified atom stereocenters. The maximum atomic E-state index is 5.83. The molecule has 3 heteroatoms. The van der Waals surface area contributed by atoms with Crippen molar-refractivity contribution >= 4 is 11.4 Å². The van der Waals surface area contributed by atoms with Crippen LogP contribution < -0.4 is 11.1 Å².